The van der Waals surface area contributed by atoms with E-state index in [0.29, 0.717) is 18.7 Å². The molecule has 1 aromatic rings. The van der Waals surface area contributed by atoms with Crippen molar-refractivity contribution in [2.24, 2.45) is 0 Å². The highest BCUT2D eigenvalue weighted by Gasteiger charge is 2.61. The van der Waals surface area contributed by atoms with E-state index >= 15 is 0 Å². The molecule has 0 saturated carbocycles. The van der Waals surface area contributed by atoms with Crippen molar-refractivity contribution in [2.45, 2.75) is 25.1 Å². The molecule has 1 aliphatic heterocycles. The van der Waals surface area contributed by atoms with Crippen LogP contribution in [0.1, 0.15) is 17.0 Å². The first-order chi connectivity index (χ1) is 7.34. The summed E-state index contributed by atoms with van der Waals surface area (Å²) in [4.78, 5) is 0. The molecule has 0 radical (unpaired) electrons. The van der Waals surface area contributed by atoms with E-state index in [9.17, 15) is 22.0 Å². The second-order valence-corrected chi connectivity index (χ2v) is 3.53. The molecule has 0 saturated heterocycles. The minimum absolute atomic E-state index is 0.0210. The fourth-order valence-electron chi connectivity index (χ4n) is 1.62. The van der Waals surface area contributed by atoms with Crippen molar-refractivity contribution in [3.8, 4) is 0 Å². The van der Waals surface area contributed by atoms with Crippen LogP contribution < -0.4 is 5.32 Å². The number of aromatic nitrogens is 2. The second-order valence-electron chi connectivity index (χ2n) is 3.53. The monoisotopic (exact) mass is 241 g/mol. The number of H-pyrrole nitrogens is 1. The fraction of sp³-hybridized carbons (Fsp3) is 0.625. The van der Waals surface area contributed by atoms with Crippen LogP contribution in [-0.4, -0.2) is 22.9 Å². The Labute approximate surface area is 87.0 Å². The summed E-state index contributed by atoms with van der Waals surface area (Å²) in [6, 6.07) is 0. The molecule has 0 unspecified atom stereocenters. The molecule has 0 amide bonds. The highest BCUT2D eigenvalue weighted by molar-refractivity contribution is 5.31. The molecule has 0 aliphatic carbocycles. The fourth-order valence-corrected chi connectivity index (χ4v) is 1.62. The summed E-state index contributed by atoms with van der Waals surface area (Å²) in [5.74, 6) is -4.91. The van der Waals surface area contributed by atoms with E-state index in [1.165, 1.54) is 0 Å². The average molecular weight is 241 g/mol. The second kappa shape index (κ2) is 3.41. The lowest BCUT2D eigenvalue weighted by atomic mass is 10.0. The molecule has 90 valence electrons. The van der Waals surface area contributed by atoms with Gasteiger partial charge < -0.3 is 5.32 Å². The maximum absolute atomic E-state index is 13.0. The summed E-state index contributed by atoms with van der Waals surface area (Å²) in [7, 11) is 0. The predicted octanol–water partition coefficient (Wildman–Crippen LogP) is 1.71. The summed E-state index contributed by atoms with van der Waals surface area (Å²) < 4.78 is 62.5. The van der Waals surface area contributed by atoms with Crippen LogP contribution in [0.25, 0.3) is 0 Å². The van der Waals surface area contributed by atoms with Gasteiger partial charge in [-0.1, -0.05) is 0 Å². The zero-order valence-corrected chi connectivity index (χ0v) is 7.96. The van der Waals surface area contributed by atoms with Crippen molar-refractivity contribution in [1.82, 2.24) is 15.5 Å². The smallest absolute Gasteiger partial charge is 0.312 e. The summed E-state index contributed by atoms with van der Waals surface area (Å²) in [5, 5.41) is 8.07. The van der Waals surface area contributed by atoms with Gasteiger partial charge in [0.25, 0.3) is 0 Å². The van der Waals surface area contributed by atoms with E-state index in [0.717, 1.165) is 0 Å². The third-order valence-corrected chi connectivity index (χ3v) is 2.46. The van der Waals surface area contributed by atoms with Crippen molar-refractivity contribution >= 4 is 0 Å². The van der Waals surface area contributed by atoms with Gasteiger partial charge in [0.1, 0.15) is 5.69 Å². The third kappa shape index (κ3) is 1.57. The molecule has 2 rings (SSSR count). The van der Waals surface area contributed by atoms with Crippen LogP contribution in [0.2, 0.25) is 0 Å². The molecule has 0 atom stereocenters. The predicted molar refractivity (Wildman–Crippen MR) is 43.9 cm³/mol. The molecule has 16 heavy (non-hydrogen) atoms. The minimum atomic E-state index is -5.62. The van der Waals surface area contributed by atoms with Crippen LogP contribution in [-0.2, 0) is 18.9 Å². The van der Waals surface area contributed by atoms with Crippen LogP contribution >= 0.6 is 0 Å². The third-order valence-electron chi connectivity index (χ3n) is 2.46. The van der Waals surface area contributed by atoms with Gasteiger partial charge in [-0.25, -0.2) is 0 Å². The first-order valence-electron chi connectivity index (χ1n) is 4.56. The maximum Gasteiger partial charge on any atom is 0.459 e. The van der Waals surface area contributed by atoms with Gasteiger partial charge in [0.2, 0.25) is 0 Å². The number of aromatic amines is 1. The molecular weight excluding hydrogens is 233 g/mol. The van der Waals surface area contributed by atoms with Gasteiger partial charge in [0.05, 0.1) is 0 Å². The Morgan fingerprint density at radius 1 is 1.12 bits per heavy atom. The average Bonchev–Trinajstić information content (AvgIpc) is 2.59. The molecule has 0 aromatic carbocycles. The van der Waals surface area contributed by atoms with E-state index in [2.05, 4.69) is 15.5 Å². The number of hydrogen-bond acceptors (Lipinski definition) is 2. The van der Waals surface area contributed by atoms with E-state index in [-0.39, 0.29) is 12.1 Å². The van der Waals surface area contributed by atoms with Gasteiger partial charge in [-0.3, -0.25) is 5.10 Å². The highest BCUT2D eigenvalue weighted by atomic mass is 19.4. The molecule has 0 bridgehead atoms. The molecule has 2 N–H and O–H groups in total. The van der Waals surface area contributed by atoms with Crippen LogP contribution in [0.3, 0.4) is 0 Å². The first-order valence-corrected chi connectivity index (χ1v) is 4.56. The van der Waals surface area contributed by atoms with E-state index in [1.807, 2.05) is 0 Å². The van der Waals surface area contributed by atoms with Crippen LogP contribution in [0, 0.1) is 0 Å². The van der Waals surface area contributed by atoms with Gasteiger partial charge in [-0.15, -0.1) is 0 Å². The molecule has 3 nitrogen and oxygen atoms in total. The van der Waals surface area contributed by atoms with Gasteiger partial charge in [0.15, 0.2) is 0 Å². The van der Waals surface area contributed by atoms with Crippen molar-refractivity contribution in [3.63, 3.8) is 0 Å². The SMILES string of the molecule is FC(F)(F)C(F)(F)c1n[nH]c2c1CNCC2. The minimum Gasteiger partial charge on any atom is -0.312 e. The number of halogens is 5. The number of fused-ring (bicyclic) bond motifs is 1. The molecular formula is C8H8F5N3. The summed E-state index contributed by atoms with van der Waals surface area (Å²) in [6.07, 6.45) is -5.25. The number of rotatable bonds is 1. The standard InChI is InChI=1S/C8H8F5N3/c9-7(10,8(11,12)13)6-4-3-14-2-1-5(4)15-16-6/h14H,1-3H2,(H,15,16). The molecule has 0 fully saturated rings. The molecule has 1 aliphatic rings. The van der Waals surface area contributed by atoms with Crippen LogP contribution in [0.5, 0.6) is 0 Å². The van der Waals surface area contributed by atoms with Crippen LogP contribution in [0.15, 0.2) is 0 Å². The topological polar surface area (TPSA) is 40.7 Å². The van der Waals surface area contributed by atoms with Gasteiger partial charge in [-0.05, 0) is 0 Å². The van der Waals surface area contributed by atoms with Crippen molar-refractivity contribution in [1.29, 1.82) is 0 Å². The van der Waals surface area contributed by atoms with E-state index in [1.54, 1.807) is 0 Å². The van der Waals surface area contributed by atoms with Gasteiger partial charge in [-0.2, -0.15) is 27.1 Å². The van der Waals surface area contributed by atoms with Crippen LogP contribution in [0.4, 0.5) is 22.0 Å². The molecule has 0 spiro atoms. The highest BCUT2D eigenvalue weighted by Crippen LogP contribution is 2.44. The Hall–Kier alpha value is -1.18. The molecule has 8 heteroatoms. The first kappa shape index (κ1) is 11.3. The molecule has 1 aromatic heterocycles. The van der Waals surface area contributed by atoms with Gasteiger partial charge >= 0.3 is 12.1 Å². The Bertz CT molecular complexity index is 395. The zero-order valence-electron chi connectivity index (χ0n) is 7.96. The zero-order chi connectivity index (χ0) is 12.0. The quantitative estimate of drug-likeness (QED) is 0.735. The van der Waals surface area contributed by atoms with Crippen molar-refractivity contribution in [3.05, 3.63) is 17.0 Å². The summed E-state index contributed by atoms with van der Waals surface area (Å²) in [6.45, 7) is 0.513. The Balaban J connectivity index is 2.45. The summed E-state index contributed by atoms with van der Waals surface area (Å²) >= 11 is 0. The number of nitrogens with one attached hydrogen (secondary N) is 2. The number of alkyl halides is 5. The van der Waals surface area contributed by atoms with E-state index in [4.69, 9.17) is 0 Å². The lowest BCUT2D eigenvalue weighted by molar-refractivity contribution is -0.291. The van der Waals surface area contributed by atoms with Crippen molar-refractivity contribution in [2.75, 3.05) is 6.54 Å². The van der Waals surface area contributed by atoms with E-state index < -0.39 is 17.8 Å². The Morgan fingerprint density at radius 2 is 1.81 bits per heavy atom. The normalized spacial score (nSPS) is 17.3. The van der Waals surface area contributed by atoms with Crippen molar-refractivity contribution < 1.29 is 22.0 Å². The number of hydrogen-bond donors (Lipinski definition) is 2. The lowest BCUT2D eigenvalue weighted by Gasteiger charge is -2.20. The Kier molecular flexibility index (Phi) is 2.41. The largest absolute Gasteiger partial charge is 0.459 e. The lowest BCUT2D eigenvalue weighted by Crippen LogP contribution is -2.36. The molecule has 2 heterocycles. The van der Waals surface area contributed by atoms with Gasteiger partial charge in [0, 0.05) is 30.8 Å². The Morgan fingerprint density at radius 3 is 2.44 bits per heavy atom. The maximum atomic E-state index is 13.0. The number of nitrogens with zero attached hydrogens (tertiary/aromatic N) is 1. The summed E-state index contributed by atoms with van der Waals surface area (Å²) in [5.41, 5.74) is -0.951.